The molecule has 0 bridgehead atoms. The number of hydrogen-bond donors (Lipinski definition) is 2. The molecule has 6 heteroatoms. The minimum atomic E-state index is -2.56. The molecule has 4 nitrogen and oxygen atoms in total. The quantitative estimate of drug-likeness (QED) is 0.545. The SMILES string of the molecule is COC(=O)[C@@H](NP(C)(O)=S)C(C)C. The van der Waals surface area contributed by atoms with Gasteiger partial charge in [-0.05, 0) is 5.92 Å². The van der Waals surface area contributed by atoms with Gasteiger partial charge in [0.15, 0.2) is 0 Å². The molecule has 0 aliphatic heterocycles. The Morgan fingerprint density at radius 3 is 2.31 bits per heavy atom. The maximum Gasteiger partial charge on any atom is 0.323 e. The summed E-state index contributed by atoms with van der Waals surface area (Å²) in [6, 6.07) is -0.522. The molecule has 0 saturated carbocycles. The number of methoxy groups -OCH3 is 1. The highest BCUT2D eigenvalue weighted by atomic mass is 32.4. The molecule has 0 aromatic heterocycles. The molecular weight excluding hydrogens is 209 g/mol. The van der Waals surface area contributed by atoms with Crippen molar-refractivity contribution in [3.63, 3.8) is 0 Å². The zero-order valence-corrected chi connectivity index (χ0v) is 9.98. The van der Waals surface area contributed by atoms with Crippen LogP contribution in [-0.2, 0) is 21.3 Å². The summed E-state index contributed by atoms with van der Waals surface area (Å²) >= 11 is 4.80. The minimum Gasteiger partial charge on any atom is -0.468 e. The first-order valence-corrected chi connectivity index (χ1v) is 7.14. The fourth-order valence-electron chi connectivity index (χ4n) is 0.859. The summed E-state index contributed by atoms with van der Waals surface area (Å²) in [6.07, 6.45) is -2.56. The van der Waals surface area contributed by atoms with Crippen LogP contribution < -0.4 is 5.09 Å². The van der Waals surface area contributed by atoms with Crippen LogP contribution in [0.5, 0.6) is 0 Å². The summed E-state index contributed by atoms with van der Waals surface area (Å²) in [7, 11) is 1.32. The van der Waals surface area contributed by atoms with E-state index in [2.05, 4.69) is 9.82 Å². The number of hydrogen-bond acceptors (Lipinski definition) is 3. The molecule has 0 aromatic carbocycles. The van der Waals surface area contributed by atoms with Crippen molar-refractivity contribution in [3.8, 4) is 0 Å². The van der Waals surface area contributed by atoms with E-state index >= 15 is 0 Å². The Morgan fingerprint density at radius 2 is 2.08 bits per heavy atom. The molecule has 0 saturated heterocycles. The second-order valence-corrected chi connectivity index (χ2v) is 7.40. The van der Waals surface area contributed by atoms with E-state index in [0.717, 1.165) is 0 Å². The largest absolute Gasteiger partial charge is 0.468 e. The van der Waals surface area contributed by atoms with Crippen LogP contribution in [0, 0.1) is 5.92 Å². The summed E-state index contributed by atoms with van der Waals surface area (Å²) < 4.78 is 4.58. The average molecular weight is 225 g/mol. The Hall–Kier alpha value is 0.0400. The van der Waals surface area contributed by atoms with Crippen LogP contribution in [0.2, 0.25) is 0 Å². The van der Waals surface area contributed by atoms with E-state index in [4.69, 9.17) is 11.8 Å². The summed E-state index contributed by atoms with van der Waals surface area (Å²) in [5.41, 5.74) is 0. The third kappa shape index (κ3) is 5.37. The van der Waals surface area contributed by atoms with Crippen molar-refractivity contribution in [1.29, 1.82) is 0 Å². The van der Waals surface area contributed by atoms with Crippen LogP contribution >= 0.6 is 6.42 Å². The predicted octanol–water partition coefficient (Wildman–Crippen LogP) is 0.705. The molecule has 0 amide bonds. The van der Waals surface area contributed by atoms with Crippen LogP contribution in [0.4, 0.5) is 0 Å². The second-order valence-electron chi connectivity index (χ2n) is 3.25. The van der Waals surface area contributed by atoms with Gasteiger partial charge in [-0.25, -0.2) is 0 Å². The van der Waals surface area contributed by atoms with E-state index in [9.17, 15) is 9.69 Å². The topological polar surface area (TPSA) is 58.6 Å². The summed E-state index contributed by atoms with van der Waals surface area (Å²) in [6.45, 7) is 5.24. The number of rotatable bonds is 4. The molecule has 78 valence electrons. The molecule has 13 heavy (non-hydrogen) atoms. The number of carbonyl (C=O) groups is 1. The molecular formula is C7H16NO3PS. The van der Waals surface area contributed by atoms with Crippen molar-refractivity contribution in [2.45, 2.75) is 19.9 Å². The molecule has 0 heterocycles. The van der Waals surface area contributed by atoms with Crippen molar-refractivity contribution >= 4 is 24.2 Å². The highest BCUT2D eigenvalue weighted by Gasteiger charge is 2.25. The van der Waals surface area contributed by atoms with Gasteiger partial charge >= 0.3 is 5.97 Å². The predicted molar refractivity (Wildman–Crippen MR) is 56.2 cm³/mol. The Bertz CT molecular complexity index is 226. The molecule has 0 aliphatic carbocycles. The maximum absolute atomic E-state index is 11.2. The van der Waals surface area contributed by atoms with Crippen LogP contribution in [0.15, 0.2) is 0 Å². The smallest absolute Gasteiger partial charge is 0.323 e. The zero-order chi connectivity index (χ0) is 10.6. The number of ether oxygens (including phenoxy) is 1. The van der Waals surface area contributed by atoms with Crippen LogP contribution in [0.3, 0.4) is 0 Å². The lowest BCUT2D eigenvalue weighted by Gasteiger charge is -2.23. The Morgan fingerprint density at radius 1 is 1.62 bits per heavy atom. The average Bonchev–Trinajstić information content (AvgIpc) is 1.96. The first kappa shape index (κ1) is 13.0. The normalized spacial score (nSPS) is 18.0. The van der Waals surface area contributed by atoms with Gasteiger partial charge in [0.05, 0.1) is 7.11 Å². The molecule has 0 radical (unpaired) electrons. The molecule has 0 aromatic rings. The standard InChI is InChI=1S/C7H16NO3PS/c1-5(2)6(7(9)11-3)8-12(4,10)13/h5-6H,1-4H3,(H2,8,10,13)/t6-,12?/m0/s1. The molecule has 2 atom stereocenters. The molecule has 0 rings (SSSR count). The minimum absolute atomic E-state index is 0.0434. The maximum atomic E-state index is 11.2. The van der Waals surface area contributed by atoms with Gasteiger partial charge < -0.3 is 9.63 Å². The van der Waals surface area contributed by atoms with Crippen molar-refractivity contribution in [3.05, 3.63) is 0 Å². The van der Waals surface area contributed by atoms with E-state index < -0.39 is 12.5 Å². The highest BCUT2D eigenvalue weighted by Crippen LogP contribution is 2.31. The van der Waals surface area contributed by atoms with E-state index in [-0.39, 0.29) is 11.9 Å². The van der Waals surface area contributed by atoms with Gasteiger partial charge in [-0.2, -0.15) is 0 Å². The van der Waals surface area contributed by atoms with Gasteiger partial charge in [0, 0.05) is 6.66 Å². The molecule has 0 spiro atoms. The van der Waals surface area contributed by atoms with Gasteiger partial charge in [0.1, 0.15) is 12.5 Å². The van der Waals surface area contributed by atoms with Gasteiger partial charge in [0.2, 0.25) is 0 Å². The summed E-state index contributed by atoms with van der Waals surface area (Å²) in [5, 5.41) is 2.71. The number of nitrogens with one attached hydrogen (secondary N) is 1. The van der Waals surface area contributed by atoms with E-state index in [0.29, 0.717) is 0 Å². The fourth-order valence-corrected chi connectivity index (χ4v) is 2.12. The van der Waals surface area contributed by atoms with Gasteiger partial charge in [-0.3, -0.25) is 9.88 Å². The van der Waals surface area contributed by atoms with Crippen molar-refractivity contribution in [1.82, 2.24) is 5.09 Å². The Labute approximate surface area is 83.8 Å². The van der Waals surface area contributed by atoms with Gasteiger partial charge in [-0.1, -0.05) is 25.7 Å². The van der Waals surface area contributed by atoms with Crippen molar-refractivity contribution in [2.24, 2.45) is 5.92 Å². The Kier molecular flexibility index (Phi) is 5.07. The third-order valence-corrected chi connectivity index (χ3v) is 2.57. The second kappa shape index (κ2) is 5.05. The third-order valence-electron chi connectivity index (χ3n) is 1.50. The summed E-state index contributed by atoms with van der Waals surface area (Å²) in [4.78, 5) is 20.6. The molecule has 0 fully saturated rings. The van der Waals surface area contributed by atoms with E-state index in [1.165, 1.54) is 13.8 Å². The lowest BCUT2D eigenvalue weighted by Crippen LogP contribution is -2.39. The first-order chi connectivity index (χ1) is 5.78. The number of esters is 1. The zero-order valence-electron chi connectivity index (χ0n) is 8.27. The van der Waals surface area contributed by atoms with Crippen LogP contribution in [0.25, 0.3) is 0 Å². The van der Waals surface area contributed by atoms with Gasteiger partial charge in [-0.15, -0.1) is 0 Å². The highest BCUT2D eigenvalue weighted by molar-refractivity contribution is 8.10. The van der Waals surface area contributed by atoms with Crippen molar-refractivity contribution < 1.29 is 14.4 Å². The lowest BCUT2D eigenvalue weighted by molar-refractivity contribution is -0.143. The van der Waals surface area contributed by atoms with Crippen LogP contribution in [-0.4, -0.2) is 30.7 Å². The van der Waals surface area contributed by atoms with E-state index in [1.54, 1.807) is 0 Å². The summed E-state index contributed by atoms with van der Waals surface area (Å²) in [5.74, 6) is -0.345. The Balaban J connectivity index is 4.45. The van der Waals surface area contributed by atoms with Crippen molar-refractivity contribution in [2.75, 3.05) is 13.8 Å². The molecule has 2 N–H and O–H groups in total. The monoisotopic (exact) mass is 225 g/mol. The lowest BCUT2D eigenvalue weighted by atomic mass is 10.1. The van der Waals surface area contributed by atoms with Gasteiger partial charge in [0.25, 0.3) is 0 Å². The molecule has 1 unspecified atom stereocenters. The van der Waals surface area contributed by atoms with Crippen LogP contribution in [0.1, 0.15) is 13.8 Å². The first-order valence-electron chi connectivity index (χ1n) is 3.94. The van der Waals surface area contributed by atoms with E-state index in [1.807, 2.05) is 13.8 Å². The number of carbonyl (C=O) groups excluding carboxylic acids is 1. The fraction of sp³-hybridized carbons (Fsp3) is 0.857. The molecule has 0 aliphatic rings.